The van der Waals surface area contributed by atoms with Crippen LogP contribution >= 0.6 is 0 Å². The van der Waals surface area contributed by atoms with E-state index in [1.807, 2.05) is 12.1 Å². The molecule has 3 N–H and O–H groups in total. The van der Waals surface area contributed by atoms with E-state index in [9.17, 15) is 4.79 Å². The maximum atomic E-state index is 12.9. The molecule has 2 atom stereocenters. The second kappa shape index (κ2) is 9.55. The largest absolute Gasteiger partial charge is 0.486 e. The van der Waals surface area contributed by atoms with Gasteiger partial charge in [0, 0.05) is 37.5 Å². The topological polar surface area (TPSA) is 120 Å². The van der Waals surface area contributed by atoms with Crippen molar-refractivity contribution < 1.29 is 19.0 Å². The van der Waals surface area contributed by atoms with E-state index in [-0.39, 0.29) is 18.0 Å². The van der Waals surface area contributed by atoms with Crippen LogP contribution in [0.1, 0.15) is 18.5 Å². The van der Waals surface area contributed by atoms with E-state index >= 15 is 0 Å². The summed E-state index contributed by atoms with van der Waals surface area (Å²) in [5.74, 6) is 1.82. The fraction of sp³-hybridized carbons (Fsp3) is 0.391. The smallest absolute Gasteiger partial charge is 0.241 e. The number of hydrogen-bond acceptors (Lipinski definition) is 9. The molecule has 33 heavy (non-hydrogen) atoms. The summed E-state index contributed by atoms with van der Waals surface area (Å²) in [4.78, 5) is 26.0. The van der Waals surface area contributed by atoms with Gasteiger partial charge in [-0.15, -0.1) is 0 Å². The minimum Gasteiger partial charge on any atom is -0.486 e. The van der Waals surface area contributed by atoms with E-state index in [0.29, 0.717) is 54.7 Å². The van der Waals surface area contributed by atoms with Gasteiger partial charge in [0.15, 0.2) is 11.5 Å². The SMILES string of the molecule is COc1ccc2nccc(NC(=O)[C@H]3CC[C@H](NCc4cc5c(cn4)OCCO5)CN3)c2n1. The van der Waals surface area contributed by atoms with Crippen molar-refractivity contribution in [1.82, 2.24) is 25.6 Å². The van der Waals surface area contributed by atoms with E-state index in [2.05, 4.69) is 30.9 Å². The third-order valence-electron chi connectivity index (χ3n) is 5.81. The van der Waals surface area contributed by atoms with Gasteiger partial charge in [-0.25, -0.2) is 4.98 Å². The Morgan fingerprint density at radius 3 is 2.88 bits per heavy atom. The number of aromatic nitrogens is 3. The van der Waals surface area contributed by atoms with Crippen LogP contribution in [0.5, 0.6) is 17.4 Å². The number of anilines is 1. The molecule has 0 radical (unpaired) electrons. The molecule has 0 saturated carbocycles. The highest BCUT2D eigenvalue weighted by Crippen LogP contribution is 2.29. The lowest BCUT2D eigenvalue weighted by Crippen LogP contribution is -2.52. The molecule has 3 aromatic rings. The molecule has 1 amide bonds. The molecule has 10 nitrogen and oxygen atoms in total. The van der Waals surface area contributed by atoms with Crippen LogP contribution in [0, 0.1) is 0 Å². The van der Waals surface area contributed by atoms with Gasteiger partial charge < -0.3 is 30.2 Å². The van der Waals surface area contributed by atoms with Crippen molar-refractivity contribution in [2.45, 2.75) is 31.5 Å². The Balaban J connectivity index is 1.14. The Hall–Kier alpha value is -3.50. The third-order valence-corrected chi connectivity index (χ3v) is 5.81. The number of piperidine rings is 1. The summed E-state index contributed by atoms with van der Waals surface area (Å²) < 4.78 is 16.3. The van der Waals surface area contributed by atoms with Crippen molar-refractivity contribution in [2.24, 2.45) is 0 Å². The van der Waals surface area contributed by atoms with Gasteiger partial charge in [0.1, 0.15) is 18.7 Å². The second-order valence-corrected chi connectivity index (χ2v) is 8.00. The van der Waals surface area contributed by atoms with Crippen molar-refractivity contribution in [3.63, 3.8) is 0 Å². The molecule has 1 fully saturated rings. The number of nitrogens with zero attached hydrogens (tertiary/aromatic N) is 3. The summed E-state index contributed by atoms with van der Waals surface area (Å²) in [6, 6.07) is 7.21. The van der Waals surface area contributed by atoms with Crippen LogP contribution in [0.25, 0.3) is 11.0 Å². The summed E-state index contributed by atoms with van der Waals surface area (Å²) in [6.45, 7) is 2.41. The first-order valence-electron chi connectivity index (χ1n) is 11.0. The Labute approximate surface area is 191 Å². The molecule has 0 unspecified atom stereocenters. The third kappa shape index (κ3) is 4.81. The highest BCUT2D eigenvalue weighted by Gasteiger charge is 2.26. The zero-order valence-corrected chi connectivity index (χ0v) is 18.3. The number of amides is 1. The van der Waals surface area contributed by atoms with Gasteiger partial charge in [-0.2, -0.15) is 0 Å². The van der Waals surface area contributed by atoms with Gasteiger partial charge >= 0.3 is 0 Å². The molecule has 5 rings (SSSR count). The van der Waals surface area contributed by atoms with Crippen molar-refractivity contribution in [1.29, 1.82) is 0 Å². The predicted octanol–water partition coefficient (Wildman–Crippen LogP) is 1.65. The number of rotatable bonds is 6. The number of nitrogens with one attached hydrogen (secondary N) is 3. The Bertz CT molecular complexity index is 1150. The fourth-order valence-electron chi connectivity index (χ4n) is 4.03. The summed E-state index contributed by atoms with van der Waals surface area (Å²) in [6.07, 6.45) is 4.96. The van der Waals surface area contributed by atoms with Crippen LogP contribution in [0.3, 0.4) is 0 Å². The maximum absolute atomic E-state index is 12.9. The number of carbonyl (C=O) groups is 1. The molecular weight excluding hydrogens is 424 g/mol. The fourth-order valence-corrected chi connectivity index (χ4v) is 4.03. The molecule has 0 aromatic carbocycles. The van der Waals surface area contributed by atoms with Crippen molar-refractivity contribution in [2.75, 3.05) is 32.2 Å². The van der Waals surface area contributed by atoms with E-state index in [1.165, 1.54) is 0 Å². The number of carbonyl (C=O) groups excluding carboxylic acids is 1. The normalized spacial score (nSPS) is 19.8. The highest BCUT2D eigenvalue weighted by molar-refractivity contribution is 6.01. The average molecular weight is 450 g/mol. The van der Waals surface area contributed by atoms with Crippen LogP contribution in [-0.4, -0.2) is 59.8 Å². The van der Waals surface area contributed by atoms with Crippen LogP contribution in [0.2, 0.25) is 0 Å². The maximum Gasteiger partial charge on any atom is 0.241 e. The van der Waals surface area contributed by atoms with E-state index in [1.54, 1.807) is 31.6 Å². The first-order valence-corrected chi connectivity index (χ1v) is 11.0. The number of methoxy groups -OCH3 is 1. The van der Waals surface area contributed by atoms with Crippen LogP contribution in [0.15, 0.2) is 36.7 Å². The van der Waals surface area contributed by atoms with Crippen molar-refractivity contribution in [3.8, 4) is 17.4 Å². The molecule has 172 valence electrons. The molecule has 3 aromatic heterocycles. The van der Waals surface area contributed by atoms with E-state index in [0.717, 1.165) is 24.3 Å². The highest BCUT2D eigenvalue weighted by atomic mass is 16.6. The van der Waals surface area contributed by atoms with Gasteiger partial charge in [-0.1, -0.05) is 0 Å². The molecule has 5 heterocycles. The molecule has 0 aliphatic carbocycles. The lowest BCUT2D eigenvalue weighted by molar-refractivity contribution is -0.118. The second-order valence-electron chi connectivity index (χ2n) is 8.00. The molecule has 0 spiro atoms. The summed E-state index contributed by atoms with van der Waals surface area (Å²) in [5, 5.41) is 9.84. The van der Waals surface area contributed by atoms with E-state index in [4.69, 9.17) is 14.2 Å². The summed E-state index contributed by atoms with van der Waals surface area (Å²) in [5.41, 5.74) is 2.82. The number of ether oxygens (including phenoxy) is 3. The van der Waals surface area contributed by atoms with Gasteiger partial charge in [0.2, 0.25) is 11.8 Å². The zero-order chi connectivity index (χ0) is 22.6. The number of fused-ring (bicyclic) bond motifs is 2. The van der Waals surface area contributed by atoms with Crippen LogP contribution < -0.4 is 30.2 Å². The predicted molar refractivity (Wildman–Crippen MR) is 122 cm³/mol. The quantitative estimate of drug-likeness (QED) is 0.515. The standard InChI is InChI=1S/C23H26N6O4/c1-31-21-5-4-16-22(29-21)17(6-7-24-16)28-23(30)18-3-2-14(11-27-18)25-12-15-10-19-20(13-26-15)33-9-8-32-19/h4-7,10,13-14,18,25,27H,2-3,8-9,11-12H2,1H3,(H,24,28,30)/t14-,18+/m0/s1. The monoisotopic (exact) mass is 450 g/mol. The molecule has 10 heteroatoms. The van der Waals surface area contributed by atoms with Gasteiger partial charge in [-0.05, 0) is 25.0 Å². The van der Waals surface area contributed by atoms with Crippen molar-refractivity contribution in [3.05, 3.63) is 42.4 Å². The van der Waals surface area contributed by atoms with Crippen LogP contribution in [-0.2, 0) is 11.3 Å². The molecular formula is C23H26N6O4. The first kappa shape index (κ1) is 21.4. The van der Waals surface area contributed by atoms with Gasteiger partial charge in [-0.3, -0.25) is 14.8 Å². The van der Waals surface area contributed by atoms with Crippen LogP contribution in [0.4, 0.5) is 5.69 Å². The summed E-state index contributed by atoms with van der Waals surface area (Å²) in [7, 11) is 1.56. The minimum atomic E-state index is -0.274. The molecule has 1 saturated heterocycles. The van der Waals surface area contributed by atoms with E-state index < -0.39 is 0 Å². The zero-order valence-electron chi connectivity index (χ0n) is 18.3. The molecule has 0 bridgehead atoms. The number of pyridine rings is 3. The molecule has 2 aliphatic rings. The lowest BCUT2D eigenvalue weighted by atomic mass is 10.00. The summed E-state index contributed by atoms with van der Waals surface area (Å²) >= 11 is 0. The van der Waals surface area contributed by atoms with Gasteiger partial charge in [0.05, 0.1) is 36.2 Å². The molecule has 2 aliphatic heterocycles. The Kier molecular flexibility index (Phi) is 6.18. The lowest BCUT2D eigenvalue weighted by Gasteiger charge is -2.30. The Morgan fingerprint density at radius 2 is 2.06 bits per heavy atom. The number of hydrogen-bond donors (Lipinski definition) is 3. The first-order chi connectivity index (χ1) is 16.2. The average Bonchev–Trinajstić information content (AvgIpc) is 2.87. The Morgan fingerprint density at radius 1 is 1.18 bits per heavy atom. The van der Waals surface area contributed by atoms with Crippen molar-refractivity contribution >= 4 is 22.6 Å². The van der Waals surface area contributed by atoms with Gasteiger partial charge in [0.25, 0.3) is 0 Å². The minimum absolute atomic E-state index is 0.0842.